The number of nitrogens with two attached hydrogens (primary N) is 1. The Morgan fingerprint density at radius 2 is 1.87 bits per heavy atom. The average molecular weight is 237 g/mol. The van der Waals surface area contributed by atoms with Crippen LogP contribution in [0.3, 0.4) is 0 Å². The van der Waals surface area contributed by atoms with Crippen molar-refractivity contribution in [2.75, 3.05) is 0 Å². The number of carbonyl (C=O) groups is 1. The first-order valence-electron chi connectivity index (χ1n) is 3.48. The predicted molar refractivity (Wildman–Crippen MR) is 44.7 cm³/mol. The quantitative estimate of drug-likeness (QED) is 0.773. The molecule has 0 saturated carbocycles. The zero-order valence-corrected chi connectivity index (χ0v) is 7.88. The normalized spacial score (nSPS) is 11.4. The fourth-order valence-electron chi connectivity index (χ4n) is 0.927. The lowest BCUT2D eigenvalue weighted by Gasteiger charge is -2.03. The number of benzene rings is 1. The molecule has 5 nitrogen and oxygen atoms in total. The van der Waals surface area contributed by atoms with E-state index in [0.29, 0.717) is 12.1 Å². The van der Waals surface area contributed by atoms with Crippen molar-refractivity contribution in [3.05, 3.63) is 29.3 Å². The summed E-state index contributed by atoms with van der Waals surface area (Å²) < 4.78 is 47.5. The molecule has 0 heterocycles. The topological polar surface area (TPSA) is 97.5 Å². The van der Waals surface area contributed by atoms with Crippen LogP contribution in [-0.4, -0.2) is 19.5 Å². The second kappa shape index (κ2) is 3.55. The van der Waals surface area contributed by atoms with Gasteiger partial charge in [-0.1, -0.05) is 0 Å². The molecule has 0 aromatic heterocycles. The van der Waals surface area contributed by atoms with Gasteiger partial charge in [0.1, 0.15) is 10.7 Å². The minimum absolute atomic E-state index is 0.317. The highest BCUT2D eigenvalue weighted by molar-refractivity contribution is 7.89. The smallest absolute Gasteiger partial charge is 0.338 e. The molecule has 1 rings (SSSR count). The van der Waals surface area contributed by atoms with Gasteiger partial charge in [0.25, 0.3) is 0 Å². The lowest BCUT2D eigenvalue weighted by molar-refractivity contribution is 0.0690. The fraction of sp³-hybridized carbons (Fsp3) is 0. The summed E-state index contributed by atoms with van der Waals surface area (Å²) in [5.41, 5.74) is -1.08. The van der Waals surface area contributed by atoms with Gasteiger partial charge in [0, 0.05) is 0 Å². The van der Waals surface area contributed by atoms with Gasteiger partial charge < -0.3 is 5.11 Å². The number of sulfonamides is 1. The molecule has 0 aliphatic rings. The molecule has 0 amide bonds. The molecular formula is C7H5F2NO4S. The van der Waals surface area contributed by atoms with Crippen molar-refractivity contribution in [2.24, 2.45) is 5.14 Å². The summed E-state index contributed by atoms with van der Waals surface area (Å²) in [4.78, 5) is 9.23. The maximum atomic E-state index is 13.2. The number of hydrogen-bond acceptors (Lipinski definition) is 3. The van der Waals surface area contributed by atoms with Crippen LogP contribution in [0.2, 0.25) is 0 Å². The molecule has 0 bridgehead atoms. The van der Waals surface area contributed by atoms with Gasteiger partial charge in [-0.25, -0.2) is 27.1 Å². The molecule has 0 atom stereocenters. The van der Waals surface area contributed by atoms with E-state index in [4.69, 9.17) is 5.11 Å². The van der Waals surface area contributed by atoms with Crippen molar-refractivity contribution in [3.8, 4) is 0 Å². The Morgan fingerprint density at radius 3 is 2.27 bits per heavy atom. The summed E-state index contributed by atoms with van der Waals surface area (Å²) in [7, 11) is -4.49. The van der Waals surface area contributed by atoms with Crippen LogP contribution >= 0.6 is 0 Å². The third-order valence-corrected chi connectivity index (χ3v) is 2.45. The molecule has 82 valence electrons. The highest BCUT2D eigenvalue weighted by Crippen LogP contribution is 2.19. The first-order valence-corrected chi connectivity index (χ1v) is 5.03. The molecule has 8 heteroatoms. The van der Waals surface area contributed by atoms with Crippen LogP contribution in [0.1, 0.15) is 10.4 Å². The van der Waals surface area contributed by atoms with E-state index in [2.05, 4.69) is 5.14 Å². The summed E-state index contributed by atoms with van der Waals surface area (Å²) in [5, 5.41) is 13.0. The minimum Gasteiger partial charge on any atom is -0.478 e. The summed E-state index contributed by atoms with van der Waals surface area (Å²) >= 11 is 0. The van der Waals surface area contributed by atoms with E-state index in [1.54, 1.807) is 0 Å². The molecule has 1 aromatic carbocycles. The van der Waals surface area contributed by atoms with Crippen LogP contribution in [0.25, 0.3) is 0 Å². The van der Waals surface area contributed by atoms with Crippen LogP contribution in [0.4, 0.5) is 8.78 Å². The van der Waals surface area contributed by atoms with E-state index in [1.807, 2.05) is 0 Å². The van der Waals surface area contributed by atoms with Gasteiger partial charge in [-0.2, -0.15) is 0 Å². The number of rotatable bonds is 2. The Kier molecular flexibility index (Phi) is 2.73. The van der Waals surface area contributed by atoms with Crippen LogP contribution in [0.5, 0.6) is 0 Å². The molecule has 0 saturated heterocycles. The molecule has 1 aromatic rings. The Hall–Kier alpha value is -1.54. The van der Waals surface area contributed by atoms with E-state index in [-0.39, 0.29) is 0 Å². The first kappa shape index (κ1) is 11.5. The Bertz CT molecular complexity index is 526. The monoisotopic (exact) mass is 237 g/mol. The van der Waals surface area contributed by atoms with Crippen molar-refractivity contribution in [1.29, 1.82) is 0 Å². The largest absolute Gasteiger partial charge is 0.478 e. The number of halogens is 2. The number of primary sulfonamides is 1. The highest BCUT2D eigenvalue weighted by Gasteiger charge is 2.22. The molecule has 0 spiro atoms. The maximum Gasteiger partial charge on any atom is 0.338 e. The van der Waals surface area contributed by atoms with Crippen LogP contribution in [-0.2, 0) is 10.0 Å². The van der Waals surface area contributed by atoms with E-state index in [0.717, 1.165) is 0 Å². The summed E-state index contributed by atoms with van der Waals surface area (Å²) in [6.07, 6.45) is 0. The van der Waals surface area contributed by atoms with E-state index >= 15 is 0 Å². The van der Waals surface area contributed by atoms with E-state index in [1.165, 1.54) is 0 Å². The number of hydrogen-bond donors (Lipinski definition) is 2. The maximum absolute atomic E-state index is 13.2. The van der Waals surface area contributed by atoms with Crippen LogP contribution in [0, 0.1) is 11.6 Å². The van der Waals surface area contributed by atoms with Crippen molar-refractivity contribution in [3.63, 3.8) is 0 Å². The fourth-order valence-corrected chi connectivity index (χ4v) is 1.56. The number of carboxylic acid groups (broad SMARTS) is 1. The predicted octanol–water partition coefficient (Wildman–Crippen LogP) is 0.310. The minimum atomic E-state index is -4.49. The molecule has 0 fully saturated rings. The van der Waals surface area contributed by atoms with Gasteiger partial charge >= 0.3 is 5.97 Å². The Balaban J connectivity index is 3.63. The average Bonchev–Trinajstić information content (AvgIpc) is 2.06. The third kappa shape index (κ3) is 2.28. The second-order valence-electron chi connectivity index (χ2n) is 2.62. The summed E-state index contributed by atoms with van der Waals surface area (Å²) in [6, 6.07) is 0.684. The molecule has 0 radical (unpaired) electrons. The highest BCUT2D eigenvalue weighted by atomic mass is 32.2. The molecule has 15 heavy (non-hydrogen) atoms. The molecule has 0 unspecified atom stereocenters. The second-order valence-corrected chi connectivity index (χ2v) is 4.15. The number of aromatic carboxylic acids is 1. The van der Waals surface area contributed by atoms with Gasteiger partial charge in [-0.05, 0) is 12.1 Å². The number of carboxylic acids is 1. The van der Waals surface area contributed by atoms with Crippen molar-refractivity contribution < 1.29 is 27.1 Å². The SMILES string of the molecule is NS(=O)(=O)c1cc(F)cc(C(=O)O)c1F. The lowest BCUT2D eigenvalue weighted by atomic mass is 10.2. The van der Waals surface area contributed by atoms with Crippen LogP contribution in [0.15, 0.2) is 17.0 Å². The van der Waals surface area contributed by atoms with E-state index < -0.39 is 38.1 Å². The van der Waals surface area contributed by atoms with Crippen LogP contribution < -0.4 is 5.14 Å². The Labute approximate surface area is 83.2 Å². The zero-order valence-electron chi connectivity index (χ0n) is 7.07. The summed E-state index contributed by atoms with van der Waals surface area (Å²) in [5.74, 6) is -4.55. The van der Waals surface area contributed by atoms with Gasteiger partial charge in [0.05, 0.1) is 5.56 Å². The van der Waals surface area contributed by atoms with Gasteiger partial charge in [0.15, 0.2) is 5.82 Å². The van der Waals surface area contributed by atoms with Gasteiger partial charge in [-0.15, -0.1) is 0 Å². The van der Waals surface area contributed by atoms with Gasteiger partial charge in [-0.3, -0.25) is 0 Å². The molecular weight excluding hydrogens is 232 g/mol. The van der Waals surface area contributed by atoms with Crippen molar-refractivity contribution in [1.82, 2.24) is 0 Å². The summed E-state index contributed by atoms with van der Waals surface area (Å²) in [6.45, 7) is 0. The molecule has 3 N–H and O–H groups in total. The Morgan fingerprint density at radius 1 is 1.33 bits per heavy atom. The molecule has 0 aliphatic heterocycles. The lowest BCUT2D eigenvalue weighted by Crippen LogP contribution is -2.16. The van der Waals surface area contributed by atoms with E-state index in [9.17, 15) is 22.0 Å². The van der Waals surface area contributed by atoms with Crippen molar-refractivity contribution in [2.45, 2.75) is 4.90 Å². The van der Waals surface area contributed by atoms with Gasteiger partial charge in [0.2, 0.25) is 10.0 Å². The molecule has 0 aliphatic carbocycles. The van der Waals surface area contributed by atoms with Crippen molar-refractivity contribution >= 4 is 16.0 Å². The third-order valence-electron chi connectivity index (χ3n) is 1.54. The standard InChI is InChI=1S/C7H5F2NO4S/c8-3-1-4(7(11)12)6(9)5(2-3)15(10,13)14/h1-2H,(H,11,12)(H2,10,13,14). The first-order chi connectivity index (χ1) is 6.73. The zero-order chi connectivity index (χ0) is 11.8.